The van der Waals surface area contributed by atoms with Gasteiger partial charge in [0.15, 0.2) is 6.61 Å². The van der Waals surface area contributed by atoms with E-state index < -0.39 is 11.9 Å². The molecule has 0 aliphatic heterocycles. The van der Waals surface area contributed by atoms with Crippen LogP contribution < -0.4 is 28.6 Å². The van der Waals surface area contributed by atoms with Gasteiger partial charge in [0.1, 0.15) is 34.5 Å². The Morgan fingerprint density at radius 2 is 0.898 bits per heavy atom. The number of hydrogen-bond donors (Lipinski definition) is 0. The smallest absolute Gasteiger partial charge is 0.349 e. The van der Waals surface area contributed by atoms with Gasteiger partial charge in [-0.1, -0.05) is 71.8 Å². The monoisotopic (exact) mass is 781 g/mol. The van der Waals surface area contributed by atoms with E-state index in [9.17, 15) is 9.59 Å². The molecule has 7 aromatic rings. The second-order valence-electron chi connectivity index (χ2n) is 13.8. The Morgan fingerprint density at radius 1 is 0.492 bits per heavy atom. The number of methoxy groups -OCH3 is 1. The van der Waals surface area contributed by atoms with E-state index in [-0.39, 0.29) is 6.61 Å². The van der Waals surface area contributed by atoms with Crippen molar-refractivity contribution in [2.75, 3.05) is 18.6 Å². The fourth-order valence-electron chi connectivity index (χ4n) is 6.31. The first-order valence-electron chi connectivity index (χ1n) is 19.1. The van der Waals surface area contributed by atoms with Gasteiger partial charge in [-0.3, -0.25) is 4.79 Å². The molecular weight excluding hydrogens is 739 g/mol. The molecule has 0 radical (unpaired) electrons. The molecule has 0 fully saturated rings. The predicted octanol–water partition coefficient (Wildman–Crippen LogP) is 12.1. The molecule has 7 aromatic carbocycles. The Morgan fingerprint density at radius 3 is 1.37 bits per heavy atom. The predicted molar refractivity (Wildman–Crippen MR) is 232 cm³/mol. The second kappa shape index (κ2) is 18.6. The lowest BCUT2D eigenvalue weighted by atomic mass is 9.95. The van der Waals surface area contributed by atoms with Gasteiger partial charge in [-0.05, 0) is 151 Å². The van der Waals surface area contributed by atoms with E-state index in [4.69, 9.17) is 23.7 Å². The van der Waals surface area contributed by atoms with Crippen LogP contribution in [0.2, 0.25) is 0 Å². The van der Waals surface area contributed by atoms with Gasteiger partial charge in [-0.15, -0.1) is 0 Å². The molecular formula is C51H43NO7. The average Bonchev–Trinajstić information content (AvgIpc) is 3.25. The molecule has 8 heteroatoms. The van der Waals surface area contributed by atoms with Crippen LogP contribution in [0.15, 0.2) is 170 Å². The Kier molecular flexibility index (Phi) is 12.5. The first-order valence-corrected chi connectivity index (χ1v) is 19.1. The summed E-state index contributed by atoms with van der Waals surface area (Å²) in [7, 11) is 1.65. The van der Waals surface area contributed by atoms with Gasteiger partial charge in [0.05, 0.1) is 7.11 Å². The van der Waals surface area contributed by atoms with Crippen molar-refractivity contribution in [1.29, 1.82) is 0 Å². The molecule has 0 saturated carbocycles. The van der Waals surface area contributed by atoms with E-state index in [2.05, 4.69) is 97.6 Å². The maximum Gasteiger partial charge on any atom is 0.349 e. The summed E-state index contributed by atoms with van der Waals surface area (Å²) in [6.45, 7) is 5.25. The molecule has 7 rings (SSSR count). The molecule has 0 aliphatic carbocycles. The Hall–Kier alpha value is -7.58. The number of carbonyl (C=O) groups is 2. The highest BCUT2D eigenvalue weighted by Crippen LogP contribution is 2.36. The number of ether oxygens (including phenoxy) is 5. The zero-order valence-corrected chi connectivity index (χ0v) is 33.3. The number of hydrogen-bond acceptors (Lipinski definition) is 8. The highest BCUT2D eigenvalue weighted by atomic mass is 16.6. The molecule has 0 saturated heterocycles. The molecule has 0 spiro atoms. The highest BCUT2D eigenvalue weighted by molar-refractivity contribution is 5.92. The van der Waals surface area contributed by atoms with Crippen molar-refractivity contribution in [2.24, 2.45) is 0 Å². The zero-order valence-electron chi connectivity index (χ0n) is 33.3. The van der Waals surface area contributed by atoms with Crippen LogP contribution in [0.4, 0.5) is 17.1 Å². The van der Waals surface area contributed by atoms with Crippen molar-refractivity contribution >= 4 is 40.6 Å². The lowest BCUT2D eigenvalue weighted by Gasteiger charge is -2.26. The Balaban J connectivity index is 1.03. The molecule has 294 valence electrons. The summed E-state index contributed by atoms with van der Waals surface area (Å²) in [5.74, 6) is 2.30. The summed E-state index contributed by atoms with van der Waals surface area (Å²) in [4.78, 5) is 26.2. The van der Waals surface area contributed by atoms with Gasteiger partial charge in [0.2, 0.25) is 0 Å². The van der Waals surface area contributed by atoms with Crippen LogP contribution in [0.5, 0.6) is 34.5 Å². The fourth-order valence-corrected chi connectivity index (χ4v) is 6.31. The lowest BCUT2D eigenvalue weighted by Crippen LogP contribution is -2.17. The summed E-state index contributed by atoms with van der Waals surface area (Å²) >= 11 is 0. The van der Waals surface area contributed by atoms with E-state index in [1.165, 1.54) is 18.1 Å². The maximum absolute atomic E-state index is 12.8. The van der Waals surface area contributed by atoms with Crippen LogP contribution >= 0.6 is 0 Å². The normalized spacial score (nSPS) is 11.0. The first-order chi connectivity index (χ1) is 28.7. The first kappa shape index (κ1) is 39.6. The van der Waals surface area contributed by atoms with E-state index in [0.717, 1.165) is 45.1 Å². The summed E-state index contributed by atoms with van der Waals surface area (Å²) in [6.07, 6.45) is 2.15. The highest BCUT2D eigenvalue weighted by Gasteiger charge is 2.14. The van der Waals surface area contributed by atoms with Crippen molar-refractivity contribution in [3.05, 3.63) is 198 Å². The maximum atomic E-state index is 12.8. The molecule has 8 nitrogen and oxygen atoms in total. The van der Waals surface area contributed by atoms with Crippen LogP contribution in [-0.4, -0.2) is 25.7 Å². The van der Waals surface area contributed by atoms with Crippen molar-refractivity contribution in [3.63, 3.8) is 0 Å². The Bertz CT molecular complexity index is 2460. The van der Waals surface area contributed by atoms with Crippen LogP contribution in [0.3, 0.4) is 0 Å². The van der Waals surface area contributed by atoms with E-state index in [1.807, 2.05) is 36.4 Å². The van der Waals surface area contributed by atoms with Crippen LogP contribution in [-0.2, 0) is 9.59 Å². The number of benzene rings is 7. The molecule has 0 heterocycles. The van der Waals surface area contributed by atoms with E-state index >= 15 is 0 Å². The standard InChI is InChI=1S/C51H43NO7/c1-35-5-15-41(16-6-35)52(42-17-7-36(2)8-18-42)43-19-9-38(10-20-43)33-50(39-11-21-44(55-4)22-12-39)40-13-23-49(24-14-40)59-51(54)34-56-45-25-27-47(28-26-45)58-48-31-29-46(30-32-48)57-37(3)53/h5-33H,34H2,1-4H3. The van der Waals surface area contributed by atoms with Crippen molar-refractivity contribution in [1.82, 2.24) is 0 Å². The third kappa shape index (κ3) is 10.6. The third-order valence-electron chi connectivity index (χ3n) is 9.35. The van der Waals surface area contributed by atoms with Crippen molar-refractivity contribution < 1.29 is 33.3 Å². The molecule has 0 amide bonds. The summed E-state index contributed by atoms with van der Waals surface area (Å²) in [6, 6.07) is 54.6. The lowest BCUT2D eigenvalue weighted by molar-refractivity contribution is -0.136. The van der Waals surface area contributed by atoms with Gasteiger partial charge in [-0.2, -0.15) is 0 Å². The second-order valence-corrected chi connectivity index (χ2v) is 13.8. The number of esters is 2. The third-order valence-corrected chi connectivity index (χ3v) is 9.35. The van der Waals surface area contributed by atoms with Gasteiger partial charge >= 0.3 is 11.9 Å². The molecule has 0 aliphatic rings. The summed E-state index contributed by atoms with van der Waals surface area (Å²) < 4.78 is 27.6. The molecule has 0 atom stereocenters. The summed E-state index contributed by atoms with van der Waals surface area (Å²) in [5.41, 5.74) is 9.58. The van der Waals surface area contributed by atoms with Crippen molar-refractivity contribution in [3.8, 4) is 34.5 Å². The largest absolute Gasteiger partial charge is 0.497 e. The van der Waals surface area contributed by atoms with Crippen molar-refractivity contribution in [2.45, 2.75) is 20.8 Å². The quantitative estimate of drug-likeness (QED) is 0.0613. The number of rotatable bonds is 14. The fraction of sp³-hybridized carbons (Fsp3) is 0.0980. The minimum Gasteiger partial charge on any atom is -0.497 e. The topological polar surface area (TPSA) is 83.5 Å². The number of aryl methyl sites for hydroxylation is 2. The molecule has 0 aromatic heterocycles. The van der Waals surface area contributed by atoms with E-state index in [0.29, 0.717) is 28.7 Å². The molecule has 0 unspecified atom stereocenters. The minimum absolute atomic E-state index is 0.280. The molecule has 0 N–H and O–H groups in total. The van der Waals surface area contributed by atoms with E-state index in [1.54, 1.807) is 67.8 Å². The molecule has 59 heavy (non-hydrogen) atoms. The van der Waals surface area contributed by atoms with Gasteiger partial charge in [0.25, 0.3) is 0 Å². The molecule has 0 bridgehead atoms. The van der Waals surface area contributed by atoms with Gasteiger partial charge in [-0.25, -0.2) is 4.79 Å². The minimum atomic E-state index is -0.540. The van der Waals surface area contributed by atoms with Crippen LogP contribution in [0.25, 0.3) is 11.6 Å². The average molecular weight is 782 g/mol. The zero-order chi connectivity index (χ0) is 41.1. The Labute approximate surface area is 344 Å². The van der Waals surface area contributed by atoms with Gasteiger partial charge in [0, 0.05) is 24.0 Å². The van der Waals surface area contributed by atoms with Gasteiger partial charge < -0.3 is 28.6 Å². The SMILES string of the molecule is COc1ccc(C(=Cc2ccc(N(c3ccc(C)cc3)c3ccc(C)cc3)cc2)c2ccc(OC(=O)COc3ccc(Oc4ccc(OC(C)=O)cc4)cc3)cc2)cc1. The number of carbonyl (C=O) groups excluding carboxylic acids is 2. The number of anilines is 3. The van der Waals surface area contributed by atoms with Crippen LogP contribution in [0.1, 0.15) is 34.7 Å². The number of nitrogens with zero attached hydrogens (tertiary/aromatic N) is 1. The summed E-state index contributed by atoms with van der Waals surface area (Å²) in [5, 5.41) is 0. The van der Waals surface area contributed by atoms with Crippen LogP contribution in [0, 0.1) is 13.8 Å².